The van der Waals surface area contributed by atoms with Gasteiger partial charge in [0.2, 0.25) is 5.91 Å². The summed E-state index contributed by atoms with van der Waals surface area (Å²) in [5.41, 5.74) is -0.729. The van der Waals surface area contributed by atoms with Gasteiger partial charge in [-0.2, -0.15) is 17.0 Å². The molecule has 1 N–H and O–H groups in total. The fourth-order valence-corrected chi connectivity index (χ4v) is 2.78. The van der Waals surface area contributed by atoms with Gasteiger partial charge in [0, 0.05) is 6.04 Å². The fourth-order valence-electron chi connectivity index (χ4n) is 2.19. The summed E-state index contributed by atoms with van der Waals surface area (Å²) in [6, 6.07) is 2.36. The van der Waals surface area contributed by atoms with Crippen LogP contribution in [-0.4, -0.2) is 24.0 Å². The van der Waals surface area contributed by atoms with E-state index < -0.39 is 5.41 Å². The SMILES string of the molecule is CSCCC(C)NC(=O)C1(C#N)CC(C)C1. The summed E-state index contributed by atoms with van der Waals surface area (Å²) in [7, 11) is 0. The second-order valence-corrected chi connectivity index (χ2v) is 5.85. The number of nitriles is 1. The van der Waals surface area contributed by atoms with Crippen molar-refractivity contribution >= 4 is 17.7 Å². The Morgan fingerprint density at radius 2 is 2.31 bits per heavy atom. The molecule has 1 aliphatic carbocycles. The first-order valence-electron chi connectivity index (χ1n) is 5.75. The van der Waals surface area contributed by atoms with Crippen molar-refractivity contribution in [1.82, 2.24) is 5.32 Å². The predicted molar refractivity (Wildman–Crippen MR) is 67.0 cm³/mol. The summed E-state index contributed by atoms with van der Waals surface area (Å²) >= 11 is 1.77. The molecule has 3 nitrogen and oxygen atoms in total. The quantitative estimate of drug-likeness (QED) is 0.801. The predicted octanol–water partition coefficient (Wildman–Crippen LogP) is 2.18. The molecule has 0 spiro atoms. The zero-order valence-corrected chi connectivity index (χ0v) is 11.1. The lowest BCUT2D eigenvalue weighted by Gasteiger charge is -2.39. The van der Waals surface area contributed by atoms with Crippen molar-refractivity contribution in [3.05, 3.63) is 0 Å². The van der Waals surface area contributed by atoms with Crippen LogP contribution in [0, 0.1) is 22.7 Å². The molecular formula is C12H20N2OS. The molecule has 1 unspecified atom stereocenters. The number of hydrogen-bond donors (Lipinski definition) is 1. The summed E-state index contributed by atoms with van der Waals surface area (Å²) in [5, 5.41) is 12.1. The summed E-state index contributed by atoms with van der Waals surface area (Å²) in [4.78, 5) is 12.0. The highest BCUT2D eigenvalue weighted by molar-refractivity contribution is 7.98. The maximum absolute atomic E-state index is 12.0. The van der Waals surface area contributed by atoms with Crippen LogP contribution in [0.25, 0.3) is 0 Å². The molecule has 1 fully saturated rings. The molecule has 0 aromatic heterocycles. The van der Waals surface area contributed by atoms with E-state index in [2.05, 4.69) is 24.6 Å². The zero-order valence-electron chi connectivity index (χ0n) is 10.2. The second kappa shape index (κ2) is 5.58. The molecule has 0 heterocycles. The van der Waals surface area contributed by atoms with Gasteiger partial charge < -0.3 is 5.32 Å². The molecule has 1 amide bonds. The van der Waals surface area contributed by atoms with Crippen LogP contribution < -0.4 is 5.32 Å². The Kier molecular flexibility index (Phi) is 4.67. The number of carbonyl (C=O) groups is 1. The van der Waals surface area contributed by atoms with Crippen molar-refractivity contribution in [2.45, 2.75) is 39.2 Å². The molecular weight excluding hydrogens is 220 g/mol. The minimum atomic E-state index is -0.729. The van der Waals surface area contributed by atoms with Gasteiger partial charge in [0.05, 0.1) is 6.07 Å². The van der Waals surface area contributed by atoms with Gasteiger partial charge in [-0.25, -0.2) is 0 Å². The van der Waals surface area contributed by atoms with Crippen molar-refractivity contribution in [1.29, 1.82) is 5.26 Å². The van der Waals surface area contributed by atoms with Crippen molar-refractivity contribution in [2.75, 3.05) is 12.0 Å². The largest absolute Gasteiger partial charge is 0.352 e. The van der Waals surface area contributed by atoms with E-state index in [1.807, 2.05) is 6.92 Å². The summed E-state index contributed by atoms with van der Waals surface area (Å²) in [5.74, 6) is 1.48. The molecule has 0 saturated heterocycles. The molecule has 1 atom stereocenters. The molecule has 0 bridgehead atoms. The van der Waals surface area contributed by atoms with Crippen LogP contribution in [0.15, 0.2) is 0 Å². The number of amides is 1. The number of nitrogens with zero attached hydrogens (tertiary/aromatic N) is 1. The molecule has 1 rings (SSSR count). The molecule has 0 aromatic carbocycles. The highest BCUT2D eigenvalue weighted by Crippen LogP contribution is 2.45. The first kappa shape index (κ1) is 13.4. The lowest BCUT2D eigenvalue weighted by atomic mass is 9.63. The van der Waals surface area contributed by atoms with Crippen LogP contribution in [0.4, 0.5) is 0 Å². The Bertz CT molecular complexity index is 292. The number of rotatable bonds is 5. The van der Waals surface area contributed by atoms with Gasteiger partial charge in [-0.3, -0.25) is 4.79 Å². The number of thioether (sulfide) groups is 1. The number of nitrogens with one attached hydrogen (secondary N) is 1. The van der Waals surface area contributed by atoms with Gasteiger partial charge >= 0.3 is 0 Å². The molecule has 0 aliphatic heterocycles. The van der Waals surface area contributed by atoms with E-state index in [1.54, 1.807) is 11.8 Å². The van der Waals surface area contributed by atoms with Crippen molar-refractivity contribution in [3.63, 3.8) is 0 Å². The number of carbonyl (C=O) groups excluding carboxylic acids is 1. The van der Waals surface area contributed by atoms with Gasteiger partial charge in [0.15, 0.2) is 0 Å². The van der Waals surface area contributed by atoms with E-state index in [9.17, 15) is 4.79 Å². The average molecular weight is 240 g/mol. The third kappa shape index (κ3) is 2.91. The molecule has 1 saturated carbocycles. The van der Waals surface area contributed by atoms with E-state index in [1.165, 1.54) is 0 Å². The average Bonchev–Trinajstić information content (AvgIpc) is 2.21. The van der Waals surface area contributed by atoms with Crippen molar-refractivity contribution in [2.24, 2.45) is 11.3 Å². The van der Waals surface area contributed by atoms with Gasteiger partial charge in [-0.1, -0.05) is 6.92 Å². The minimum Gasteiger partial charge on any atom is -0.352 e. The standard InChI is InChI=1S/C12H20N2OS/c1-9-6-12(7-9,8-13)11(15)14-10(2)4-5-16-3/h9-10H,4-7H2,1-3H3,(H,14,15). The lowest BCUT2D eigenvalue weighted by Crippen LogP contribution is -2.50. The van der Waals surface area contributed by atoms with Crippen molar-refractivity contribution < 1.29 is 4.79 Å². The number of hydrogen-bond acceptors (Lipinski definition) is 3. The third-order valence-corrected chi connectivity index (χ3v) is 3.82. The molecule has 16 heavy (non-hydrogen) atoms. The maximum atomic E-state index is 12.0. The van der Waals surface area contributed by atoms with Gasteiger partial charge in [0.1, 0.15) is 5.41 Å². The molecule has 90 valence electrons. The molecule has 0 radical (unpaired) electrons. The van der Waals surface area contributed by atoms with Crippen LogP contribution in [0.1, 0.15) is 33.1 Å². The lowest BCUT2D eigenvalue weighted by molar-refractivity contribution is -0.134. The van der Waals surface area contributed by atoms with Gasteiger partial charge in [-0.05, 0) is 44.1 Å². The highest BCUT2D eigenvalue weighted by Gasteiger charge is 2.49. The van der Waals surface area contributed by atoms with Gasteiger partial charge in [0.25, 0.3) is 0 Å². The van der Waals surface area contributed by atoms with Crippen LogP contribution in [-0.2, 0) is 4.79 Å². The monoisotopic (exact) mass is 240 g/mol. The van der Waals surface area contributed by atoms with Crippen LogP contribution in [0.5, 0.6) is 0 Å². The summed E-state index contributed by atoms with van der Waals surface area (Å²) in [6.45, 7) is 4.08. The van der Waals surface area contributed by atoms with E-state index in [0.29, 0.717) is 18.8 Å². The van der Waals surface area contributed by atoms with Crippen LogP contribution in [0.2, 0.25) is 0 Å². The summed E-state index contributed by atoms with van der Waals surface area (Å²) in [6.07, 6.45) is 4.44. The first-order chi connectivity index (χ1) is 7.54. The Labute approximate surface area is 102 Å². The molecule has 1 aliphatic rings. The van der Waals surface area contributed by atoms with E-state index in [-0.39, 0.29) is 11.9 Å². The van der Waals surface area contributed by atoms with Gasteiger partial charge in [-0.15, -0.1) is 0 Å². The second-order valence-electron chi connectivity index (χ2n) is 4.86. The Morgan fingerprint density at radius 1 is 1.69 bits per heavy atom. The Hall–Kier alpha value is -0.690. The minimum absolute atomic E-state index is 0.0679. The van der Waals surface area contributed by atoms with E-state index >= 15 is 0 Å². The Balaban J connectivity index is 2.43. The normalized spacial score (nSPS) is 30.0. The fraction of sp³-hybridized carbons (Fsp3) is 0.833. The smallest absolute Gasteiger partial charge is 0.240 e. The van der Waals surface area contributed by atoms with E-state index in [4.69, 9.17) is 5.26 Å². The van der Waals surface area contributed by atoms with Crippen LogP contribution >= 0.6 is 11.8 Å². The topological polar surface area (TPSA) is 52.9 Å². The maximum Gasteiger partial charge on any atom is 0.240 e. The summed E-state index contributed by atoms with van der Waals surface area (Å²) < 4.78 is 0. The zero-order chi connectivity index (χ0) is 12.2. The van der Waals surface area contributed by atoms with Crippen molar-refractivity contribution in [3.8, 4) is 6.07 Å². The Morgan fingerprint density at radius 3 is 2.75 bits per heavy atom. The molecule has 0 aromatic rings. The van der Waals surface area contributed by atoms with Crippen LogP contribution in [0.3, 0.4) is 0 Å². The highest BCUT2D eigenvalue weighted by atomic mass is 32.2. The molecule has 4 heteroatoms. The third-order valence-electron chi connectivity index (χ3n) is 3.17. The first-order valence-corrected chi connectivity index (χ1v) is 7.14. The van der Waals surface area contributed by atoms with E-state index in [0.717, 1.165) is 12.2 Å².